The largest absolute Gasteiger partial charge is 0.356 e. The monoisotopic (exact) mass is 391 g/mol. The summed E-state index contributed by atoms with van der Waals surface area (Å²) in [7, 11) is -3.60. The molecule has 136 valence electrons. The second-order valence-electron chi connectivity index (χ2n) is 6.23. The first-order chi connectivity index (χ1) is 12.6. The zero-order valence-corrected chi connectivity index (χ0v) is 15.5. The maximum absolute atomic E-state index is 13.2. The van der Waals surface area contributed by atoms with Crippen molar-refractivity contribution >= 4 is 32.6 Å². The highest BCUT2D eigenvalue weighted by molar-refractivity contribution is 7.88. The summed E-state index contributed by atoms with van der Waals surface area (Å²) in [6.45, 7) is 1.50. The summed E-state index contributed by atoms with van der Waals surface area (Å²) >= 11 is 6.32. The first-order valence-electron chi connectivity index (χ1n) is 8.34. The van der Waals surface area contributed by atoms with Gasteiger partial charge < -0.3 is 9.84 Å². The molecule has 8 heteroatoms. The maximum atomic E-state index is 13.2. The lowest BCUT2D eigenvalue weighted by Gasteiger charge is -2.35. The number of sulfonamides is 1. The molecule has 0 unspecified atom stereocenters. The Morgan fingerprint density at radius 1 is 1.19 bits per heavy atom. The van der Waals surface area contributed by atoms with Gasteiger partial charge in [-0.2, -0.15) is 4.31 Å². The number of benzene rings is 2. The molecule has 2 aromatic carbocycles. The molecule has 1 aliphatic heterocycles. The van der Waals surface area contributed by atoms with E-state index in [9.17, 15) is 8.42 Å². The predicted octanol–water partition coefficient (Wildman–Crippen LogP) is 2.96. The van der Waals surface area contributed by atoms with E-state index in [0.29, 0.717) is 35.9 Å². The normalized spacial score (nSPS) is 19.0. The Hall–Kier alpha value is -1.93. The molecule has 0 radical (unpaired) electrons. The standard InChI is InChI=1S/C18H18ClN3O3S/c19-15-7-3-1-5-13(15)17-11-20-9-10-22(17)26(23,24)12-16-14-6-2-4-8-18(14)25-21-16/h1-8,17,20H,9-12H2/t17-/m0/s1. The molecule has 6 nitrogen and oxygen atoms in total. The zero-order valence-electron chi connectivity index (χ0n) is 13.9. The van der Waals surface area contributed by atoms with Gasteiger partial charge in [0, 0.05) is 30.0 Å². The summed E-state index contributed by atoms with van der Waals surface area (Å²) in [5, 5.41) is 8.51. The van der Waals surface area contributed by atoms with Crippen molar-refractivity contribution in [3.05, 3.63) is 64.8 Å². The lowest BCUT2D eigenvalue weighted by atomic mass is 10.1. The van der Waals surface area contributed by atoms with Gasteiger partial charge in [0.25, 0.3) is 0 Å². The average Bonchev–Trinajstić information content (AvgIpc) is 3.05. The molecule has 2 heterocycles. The molecule has 4 rings (SSSR count). The Bertz CT molecular complexity index is 1030. The van der Waals surface area contributed by atoms with Crippen LogP contribution in [-0.4, -0.2) is 37.5 Å². The summed E-state index contributed by atoms with van der Waals surface area (Å²) in [5.41, 5.74) is 1.81. The van der Waals surface area contributed by atoms with Crippen LogP contribution in [0.25, 0.3) is 11.0 Å². The SMILES string of the molecule is O=S(=O)(Cc1noc2ccccc12)N1CCNC[C@H]1c1ccccc1Cl. The molecule has 1 fully saturated rings. The minimum atomic E-state index is -3.60. The van der Waals surface area contributed by atoms with Crippen LogP contribution in [0.15, 0.2) is 53.1 Å². The van der Waals surface area contributed by atoms with Crippen molar-refractivity contribution in [1.29, 1.82) is 0 Å². The molecule has 1 aromatic heterocycles. The van der Waals surface area contributed by atoms with Crippen molar-refractivity contribution in [1.82, 2.24) is 14.8 Å². The molecule has 26 heavy (non-hydrogen) atoms. The Morgan fingerprint density at radius 2 is 1.96 bits per heavy atom. The zero-order chi connectivity index (χ0) is 18.1. The summed E-state index contributed by atoms with van der Waals surface area (Å²) in [4.78, 5) is 0. The van der Waals surface area contributed by atoms with Gasteiger partial charge in [-0.25, -0.2) is 8.42 Å². The second kappa shape index (κ2) is 7.00. The van der Waals surface area contributed by atoms with Gasteiger partial charge in [-0.3, -0.25) is 0 Å². The van der Waals surface area contributed by atoms with Crippen LogP contribution >= 0.6 is 11.6 Å². The van der Waals surface area contributed by atoms with E-state index >= 15 is 0 Å². The first kappa shape index (κ1) is 17.5. The van der Waals surface area contributed by atoms with Crippen LogP contribution in [0, 0.1) is 0 Å². The molecule has 1 aliphatic rings. The summed E-state index contributed by atoms with van der Waals surface area (Å²) < 4.78 is 33.1. The summed E-state index contributed by atoms with van der Waals surface area (Å²) in [5.74, 6) is -0.203. The Balaban J connectivity index is 1.68. The van der Waals surface area contributed by atoms with Crippen LogP contribution < -0.4 is 5.32 Å². The third kappa shape index (κ3) is 3.23. The third-order valence-corrected chi connectivity index (χ3v) is 6.72. The number of rotatable bonds is 4. The predicted molar refractivity (Wildman–Crippen MR) is 100 cm³/mol. The molecule has 0 bridgehead atoms. The van der Waals surface area contributed by atoms with Gasteiger partial charge in [-0.15, -0.1) is 0 Å². The van der Waals surface area contributed by atoms with Gasteiger partial charge in [0.05, 0.1) is 6.04 Å². The van der Waals surface area contributed by atoms with Crippen LogP contribution in [0.1, 0.15) is 17.3 Å². The number of fused-ring (bicyclic) bond motifs is 1. The number of nitrogens with one attached hydrogen (secondary N) is 1. The Labute approximate surface area is 156 Å². The van der Waals surface area contributed by atoms with Crippen molar-refractivity contribution in [3.63, 3.8) is 0 Å². The van der Waals surface area contributed by atoms with E-state index in [2.05, 4.69) is 10.5 Å². The van der Waals surface area contributed by atoms with Crippen molar-refractivity contribution < 1.29 is 12.9 Å². The van der Waals surface area contributed by atoms with E-state index < -0.39 is 10.0 Å². The van der Waals surface area contributed by atoms with E-state index in [1.165, 1.54) is 4.31 Å². The van der Waals surface area contributed by atoms with Crippen LogP contribution in [0.4, 0.5) is 0 Å². The lowest BCUT2D eigenvalue weighted by Crippen LogP contribution is -2.49. The molecule has 0 aliphatic carbocycles. The van der Waals surface area contributed by atoms with Gasteiger partial charge in [0.2, 0.25) is 10.0 Å². The highest BCUT2D eigenvalue weighted by Crippen LogP contribution is 2.32. The van der Waals surface area contributed by atoms with Crippen LogP contribution in [0.2, 0.25) is 5.02 Å². The number of para-hydroxylation sites is 1. The van der Waals surface area contributed by atoms with Gasteiger partial charge in [0.15, 0.2) is 5.58 Å². The molecule has 0 amide bonds. The summed E-state index contributed by atoms with van der Waals surface area (Å²) in [6.07, 6.45) is 0. The van der Waals surface area contributed by atoms with Gasteiger partial charge in [0.1, 0.15) is 11.4 Å². The van der Waals surface area contributed by atoms with Gasteiger partial charge in [-0.1, -0.05) is 47.1 Å². The Morgan fingerprint density at radius 3 is 2.81 bits per heavy atom. The number of halogens is 1. The number of aromatic nitrogens is 1. The van der Waals surface area contributed by atoms with Crippen LogP contribution in [0.3, 0.4) is 0 Å². The van der Waals surface area contributed by atoms with E-state index in [1.807, 2.05) is 36.4 Å². The molecular weight excluding hydrogens is 374 g/mol. The molecule has 0 saturated carbocycles. The van der Waals surface area contributed by atoms with Crippen molar-refractivity contribution in [3.8, 4) is 0 Å². The molecular formula is C18H18ClN3O3S. The van der Waals surface area contributed by atoms with E-state index in [-0.39, 0.29) is 11.8 Å². The second-order valence-corrected chi connectivity index (χ2v) is 8.56. The van der Waals surface area contributed by atoms with Gasteiger partial charge >= 0.3 is 0 Å². The van der Waals surface area contributed by atoms with E-state index in [4.69, 9.17) is 16.1 Å². The first-order valence-corrected chi connectivity index (χ1v) is 10.3. The quantitative estimate of drug-likeness (QED) is 0.740. The fraction of sp³-hybridized carbons (Fsp3) is 0.278. The van der Waals surface area contributed by atoms with E-state index in [1.54, 1.807) is 12.1 Å². The minimum absolute atomic E-state index is 0.203. The fourth-order valence-electron chi connectivity index (χ4n) is 3.33. The fourth-order valence-corrected chi connectivity index (χ4v) is 5.25. The highest BCUT2D eigenvalue weighted by Gasteiger charge is 2.35. The smallest absolute Gasteiger partial charge is 0.220 e. The Kier molecular flexibility index (Phi) is 4.71. The topological polar surface area (TPSA) is 75.4 Å². The van der Waals surface area contributed by atoms with Crippen molar-refractivity contribution in [2.45, 2.75) is 11.8 Å². The third-order valence-electron chi connectivity index (χ3n) is 4.59. The molecule has 1 saturated heterocycles. The van der Waals surface area contributed by atoms with Crippen LogP contribution in [-0.2, 0) is 15.8 Å². The molecule has 1 atom stereocenters. The molecule has 3 aromatic rings. The van der Waals surface area contributed by atoms with Gasteiger partial charge in [-0.05, 0) is 23.8 Å². The van der Waals surface area contributed by atoms with Crippen LogP contribution in [0.5, 0.6) is 0 Å². The van der Waals surface area contributed by atoms with Crippen molar-refractivity contribution in [2.75, 3.05) is 19.6 Å². The summed E-state index contributed by atoms with van der Waals surface area (Å²) in [6, 6.07) is 14.3. The number of hydrogen-bond donors (Lipinski definition) is 1. The van der Waals surface area contributed by atoms with Crippen molar-refractivity contribution in [2.24, 2.45) is 0 Å². The molecule has 0 spiro atoms. The number of hydrogen-bond acceptors (Lipinski definition) is 5. The lowest BCUT2D eigenvalue weighted by molar-refractivity contribution is 0.271. The number of piperazine rings is 1. The van der Waals surface area contributed by atoms with E-state index in [0.717, 1.165) is 10.9 Å². The minimum Gasteiger partial charge on any atom is -0.356 e. The average molecular weight is 392 g/mol. The highest BCUT2D eigenvalue weighted by atomic mass is 35.5. The number of nitrogens with zero attached hydrogens (tertiary/aromatic N) is 2. The molecule has 1 N–H and O–H groups in total. The maximum Gasteiger partial charge on any atom is 0.220 e.